The molecule has 16 heavy (non-hydrogen) atoms. The molecule has 0 radical (unpaired) electrons. The summed E-state index contributed by atoms with van der Waals surface area (Å²) < 4.78 is 17.6. The first-order valence-corrected chi connectivity index (χ1v) is 6.84. The lowest BCUT2D eigenvalue weighted by molar-refractivity contribution is 0.190. The van der Waals surface area contributed by atoms with Crippen LogP contribution in [0.2, 0.25) is 0 Å². The van der Waals surface area contributed by atoms with E-state index in [1.165, 1.54) is 5.57 Å². The largest absolute Gasteiger partial charge is 0.497 e. The van der Waals surface area contributed by atoms with Crippen molar-refractivity contribution in [1.29, 1.82) is 0 Å². The number of benzene rings is 1. The molecule has 2 rings (SSSR count). The minimum atomic E-state index is -0.985. The van der Waals surface area contributed by atoms with E-state index in [4.69, 9.17) is 4.74 Å². The third-order valence-electron chi connectivity index (χ3n) is 2.72. The summed E-state index contributed by atoms with van der Waals surface area (Å²) in [5.74, 6) is 1.43. The molecule has 1 heterocycles. The van der Waals surface area contributed by atoms with Crippen LogP contribution in [0.4, 0.5) is 0 Å². The predicted octanol–water partition coefficient (Wildman–Crippen LogP) is 2.88. The molecular weight excluding hydrogens is 220 g/mol. The van der Waals surface area contributed by atoms with Crippen LogP contribution in [0.25, 0.3) is 0 Å². The highest BCUT2D eigenvalue weighted by molar-refractivity contribution is 7.85. The normalized spacial score (nSPS) is 18.1. The molecule has 0 fully saturated rings. The van der Waals surface area contributed by atoms with Crippen molar-refractivity contribution in [3.63, 3.8) is 0 Å². The SMILES string of the molecule is CC1=C(CS(=O)c2ccccc2)OCCC1. The Kier molecular flexibility index (Phi) is 3.78. The summed E-state index contributed by atoms with van der Waals surface area (Å²) in [7, 11) is -0.985. The monoisotopic (exact) mass is 236 g/mol. The van der Waals surface area contributed by atoms with E-state index in [9.17, 15) is 4.21 Å². The third-order valence-corrected chi connectivity index (χ3v) is 4.04. The molecule has 1 aromatic carbocycles. The van der Waals surface area contributed by atoms with Gasteiger partial charge in [-0.25, -0.2) is 0 Å². The van der Waals surface area contributed by atoms with Gasteiger partial charge >= 0.3 is 0 Å². The summed E-state index contributed by atoms with van der Waals surface area (Å²) in [4.78, 5) is 0.872. The minimum absolute atomic E-state index is 0.510. The average Bonchev–Trinajstić information content (AvgIpc) is 2.33. The summed E-state index contributed by atoms with van der Waals surface area (Å²) in [6.45, 7) is 2.83. The Bertz CT molecular complexity index is 409. The van der Waals surface area contributed by atoms with Gasteiger partial charge in [0.25, 0.3) is 0 Å². The van der Waals surface area contributed by atoms with Gasteiger partial charge in [-0.15, -0.1) is 0 Å². The third kappa shape index (κ3) is 2.73. The quantitative estimate of drug-likeness (QED) is 0.806. The van der Waals surface area contributed by atoms with E-state index in [0.29, 0.717) is 5.75 Å². The maximum Gasteiger partial charge on any atom is 0.108 e. The van der Waals surface area contributed by atoms with E-state index in [1.54, 1.807) is 0 Å². The lowest BCUT2D eigenvalue weighted by Gasteiger charge is -2.18. The van der Waals surface area contributed by atoms with Crippen molar-refractivity contribution in [1.82, 2.24) is 0 Å². The van der Waals surface area contributed by atoms with Crippen LogP contribution in [-0.2, 0) is 15.5 Å². The van der Waals surface area contributed by atoms with E-state index in [0.717, 1.165) is 30.1 Å². The van der Waals surface area contributed by atoms with Crippen LogP contribution < -0.4 is 0 Å². The Labute approximate surface area is 98.8 Å². The molecule has 0 amide bonds. The average molecular weight is 236 g/mol. The summed E-state index contributed by atoms with van der Waals surface area (Å²) in [5.41, 5.74) is 1.25. The second-order valence-corrected chi connectivity index (χ2v) is 5.41. The van der Waals surface area contributed by atoms with Gasteiger partial charge in [-0.1, -0.05) is 18.2 Å². The van der Waals surface area contributed by atoms with Crippen LogP contribution >= 0.6 is 0 Å². The zero-order chi connectivity index (χ0) is 11.4. The summed E-state index contributed by atoms with van der Waals surface area (Å²) in [5, 5.41) is 0. The summed E-state index contributed by atoms with van der Waals surface area (Å²) in [6.07, 6.45) is 2.15. The van der Waals surface area contributed by atoms with Crippen LogP contribution in [0.5, 0.6) is 0 Å². The first-order valence-electron chi connectivity index (χ1n) is 5.52. The summed E-state index contributed by atoms with van der Waals surface area (Å²) in [6, 6.07) is 9.55. The highest BCUT2D eigenvalue weighted by Gasteiger charge is 2.14. The maximum absolute atomic E-state index is 12.1. The zero-order valence-corrected chi connectivity index (χ0v) is 10.3. The van der Waals surface area contributed by atoms with Crippen molar-refractivity contribution >= 4 is 10.8 Å². The minimum Gasteiger partial charge on any atom is -0.497 e. The number of allylic oxidation sites excluding steroid dienone is 1. The lowest BCUT2D eigenvalue weighted by atomic mass is 10.1. The van der Waals surface area contributed by atoms with Crippen LogP contribution in [0.3, 0.4) is 0 Å². The molecule has 3 heteroatoms. The zero-order valence-electron chi connectivity index (χ0n) is 9.44. The van der Waals surface area contributed by atoms with Gasteiger partial charge in [-0.2, -0.15) is 0 Å². The molecule has 0 aromatic heterocycles. The topological polar surface area (TPSA) is 26.3 Å². The highest BCUT2D eigenvalue weighted by Crippen LogP contribution is 2.20. The second kappa shape index (κ2) is 5.30. The lowest BCUT2D eigenvalue weighted by Crippen LogP contribution is -2.11. The first-order chi connectivity index (χ1) is 7.77. The molecule has 0 aliphatic carbocycles. The molecule has 2 nitrogen and oxygen atoms in total. The number of rotatable bonds is 3. The fourth-order valence-electron chi connectivity index (χ4n) is 1.73. The highest BCUT2D eigenvalue weighted by atomic mass is 32.2. The van der Waals surface area contributed by atoms with Gasteiger partial charge in [0.05, 0.1) is 23.2 Å². The van der Waals surface area contributed by atoms with Crippen LogP contribution in [-0.4, -0.2) is 16.6 Å². The van der Waals surface area contributed by atoms with Gasteiger partial charge in [0, 0.05) is 4.90 Å². The molecular formula is C13H16O2S. The van der Waals surface area contributed by atoms with E-state index in [-0.39, 0.29) is 0 Å². The van der Waals surface area contributed by atoms with E-state index >= 15 is 0 Å². The number of hydrogen-bond acceptors (Lipinski definition) is 2. The Morgan fingerprint density at radius 3 is 2.75 bits per heavy atom. The number of ether oxygens (including phenoxy) is 1. The molecule has 1 aliphatic rings. The van der Waals surface area contributed by atoms with E-state index in [1.807, 2.05) is 30.3 Å². The first kappa shape index (κ1) is 11.4. The van der Waals surface area contributed by atoms with Gasteiger partial charge in [-0.3, -0.25) is 4.21 Å². The van der Waals surface area contributed by atoms with Gasteiger partial charge < -0.3 is 4.74 Å². The van der Waals surface area contributed by atoms with Crippen LogP contribution in [0.15, 0.2) is 46.6 Å². The van der Waals surface area contributed by atoms with Crippen molar-refractivity contribution < 1.29 is 8.95 Å². The second-order valence-electron chi connectivity index (χ2n) is 3.96. The van der Waals surface area contributed by atoms with E-state index < -0.39 is 10.8 Å². The van der Waals surface area contributed by atoms with Crippen molar-refractivity contribution in [2.75, 3.05) is 12.4 Å². The molecule has 0 saturated carbocycles. The van der Waals surface area contributed by atoms with Crippen molar-refractivity contribution in [3.05, 3.63) is 41.7 Å². The molecule has 0 N–H and O–H groups in total. The molecule has 1 aliphatic heterocycles. The van der Waals surface area contributed by atoms with Gasteiger partial charge in [0.15, 0.2) is 0 Å². The molecule has 0 spiro atoms. The molecule has 1 atom stereocenters. The number of hydrogen-bond donors (Lipinski definition) is 0. The standard InChI is InChI=1S/C13H16O2S/c1-11-6-5-9-15-13(11)10-16(14)12-7-3-2-4-8-12/h2-4,7-8H,5-6,9-10H2,1H3. The van der Waals surface area contributed by atoms with Gasteiger partial charge in [-0.05, 0) is 37.5 Å². The molecule has 1 unspecified atom stereocenters. The van der Waals surface area contributed by atoms with Crippen LogP contribution in [0.1, 0.15) is 19.8 Å². The van der Waals surface area contributed by atoms with Gasteiger partial charge in [0.2, 0.25) is 0 Å². The smallest absolute Gasteiger partial charge is 0.108 e. The Hall–Kier alpha value is -1.09. The maximum atomic E-state index is 12.1. The Morgan fingerprint density at radius 1 is 1.31 bits per heavy atom. The molecule has 86 valence electrons. The van der Waals surface area contributed by atoms with E-state index in [2.05, 4.69) is 6.92 Å². The van der Waals surface area contributed by atoms with Gasteiger partial charge in [0.1, 0.15) is 5.76 Å². The van der Waals surface area contributed by atoms with Crippen molar-refractivity contribution in [2.45, 2.75) is 24.7 Å². The molecule has 1 aromatic rings. The van der Waals surface area contributed by atoms with Crippen molar-refractivity contribution in [3.8, 4) is 0 Å². The Morgan fingerprint density at radius 2 is 2.06 bits per heavy atom. The molecule has 0 bridgehead atoms. The van der Waals surface area contributed by atoms with Crippen LogP contribution in [0, 0.1) is 0 Å². The fourth-order valence-corrected chi connectivity index (χ4v) is 2.93. The summed E-state index contributed by atoms with van der Waals surface area (Å²) >= 11 is 0. The predicted molar refractivity (Wildman–Crippen MR) is 65.6 cm³/mol. The molecule has 0 saturated heterocycles. The van der Waals surface area contributed by atoms with Crippen molar-refractivity contribution in [2.24, 2.45) is 0 Å². The Balaban J connectivity index is 2.08. The fraction of sp³-hybridized carbons (Fsp3) is 0.385.